The molecule has 0 fully saturated rings. The molecule has 6 nitrogen and oxygen atoms in total. The topological polar surface area (TPSA) is 66.9 Å². The molecule has 3 aromatic rings. The summed E-state index contributed by atoms with van der Waals surface area (Å²) in [5.41, 5.74) is 4.68. The first kappa shape index (κ1) is 21.7. The van der Waals surface area contributed by atoms with Crippen molar-refractivity contribution < 1.29 is 17.9 Å². The lowest BCUT2D eigenvalue weighted by Gasteiger charge is -2.30. The predicted octanol–water partition coefficient (Wildman–Crippen LogP) is 4.04. The number of amides is 1. The van der Waals surface area contributed by atoms with E-state index in [1.54, 1.807) is 36.3 Å². The van der Waals surface area contributed by atoms with E-state index in [0.717, 1.165) is 35.4 Å². The first-order valence-corrected chi connectivity index (χ1v) is 12.6. The van der Waals surface area contributed by atoms with Gasteiger partial charge < -0.3 is 9.64 Å². The normalized spacial score (nSPS) is 16.1. The van der Waals surface area contributed by atoms with E-state index in [1.807, 2.05) is 36.4 Å². The molecule has 0 radical (unpaired) electrons. The maximum absolute atomic E-state index is 13.3. The van der Waals surface area contributed by atoms with Crippen molar-refractivity contribution in [3.8, 4) is 5.75 Å². The lowest BCUT2D eigenvalue weighted by molar-refractivity contribution is 0.0985. The molecule has 0 saturated heterocycles. The van der Waals surface area contributed by atoms with Crippen LogP contribution >= 0.6 is 0 Å². The van der Waals surface area contributed by atoms with Gasteiger partial charge in [-0.15, -0.1) is 0 Å². The van der Waals surface area contributed by atoms with Gasteiger partial charge in [0, 0.05) is 30.9 Å². The van der Waals surface area contributed by atoms with Gasteiger partial charge in [0.05, 0.1) is 12.0 Å². The Morgan fingerprint density at radius 2 is 1.64 bits per heavy atom. The summed E-state index contributed by atoms with van der Waals surface area (Å²) in [6.45, 7) is 1.45. The van der Waals surface area contributed by atoms with Gasteiger partial charge in [-0.25, -0.2) is 8.42 Å². The third-order valence-electron chi connectivity index (χ3n) is 6.49. The number of carbonyl (C=O) groups excluding carboxylic acids is 1. The summed E-state index contributed by atoms with van der Waals surface area (Å²) in [7, 11) is -2.00. The molecular formula is C26H26N2O4S. The minimum Gasteiger partial charge on any atom is -0.497 e. The van der Waals surface area contributed by atoms with Crippen LogP contribution in [0.4, 0.5) is 5.69 Å². The average molecular weight is 463 g/mol. The molecule has 1 amide bonds. The number of sulfonamides is 1. The van der Waals surface area contributed by atoms with E-state index in [1.165, 1.54) is 9.87 Å². The van der Waals surface area contributed by atoms with Gasteiger partial charge in [-0.3, -0.25) is 4.79 Å². The maximum Gasteiger partial charge on any atom is 0.258 e. The Labute approximate surface area is 194 Å². The Morgan fingerprint density at radius 1 is 0.879 bits per heavy atom. The van der Waals surface area contributed by atoms with Crippen molar-refractivity contribution in [2.24, 2.45) is 0 Å². The van der Waals surface area contributed by atoms with Crippen LogP contribution in [0.2, 0.25) is 0 Å². The highest BCUT2D eigenvalue weighted by Crippen LogP contribution is 2.32. The zero-order valence-corrected chi connectivity index (χ0v) is 19.3. The zero-order valence-electron chi connectivity index (χ0n) is 18.5. The molecule has 0 unspecified atom stereocenters. The fourth-order valence-electron chi connectivity index (χ4n) is 4.66. The van der Waals surface area contributed by atoms with Crippen molar-refractivity contribution >= 4 is 21.6 Å². The van der Waals surface area contributed by atoms with Crippen molar-refractivity contribution in [1.29, 1.82) is 0 Å². The lowest BCUT2D eigenvalue weighted by Crippen LogP contribution is -2.36. The zero-order chi connectivity index (χ0) is 23.0. The smallest absolute Gasteiger partial charge is 0.258 e. The van der Waals surface area contributed by atoms with Gasteiger partial charge in [0.1, 0.15) is 5.75 Å². The standard InChI is InChI=1S/C26H26N2O4S/c1-32-23-10-13-25-21(17-23)7-4-15-28(25)26(29)20-8-11-24(12-9-20)33(30,31)27-16-14-19-5-2-3-6-22(19)18-27/h2-3,5-6,8-13,17H,4,7,14-16,18H2,1H3. The number of aryl methyl sites for hydroxylation is 1. The van der Waals surface area contributed by atoms with Crippen LogP contribution in [0.5, 0.6) is 5.75 Å². The first-order valence-electron chi connectivity index (χ1n) is 11.1. The number of ether oxygens (including phenoxy) is 1. The lowest BCUT2D eigenvalue weighted by atomic mass is 10.0. The summed E-state index contributed by atoms with van der Waals surface area (Å²) >= 11 is 0. The largest absolute Gasteiger partial charge is 0.497 e. The molecule has 5 rings (SSSR count). The van der Waals surface area contributed by atoms with Gasteiger partial charge in [-0.05, 0) is 78.4 Å². The van der Waals surface area contributed by atoms with Crippen molar-refractivity contribution in [2.75, 3.05) is 25.1 Å². The summed E-state index contributed by atoms with van der Waals surface area (Å²) in [5.74, 6) is 0.648. The minimum absolute atomic E-state index is 0.128. The molecule has 0 spiro atoms. The minimum atomic E-state index is -3.63. The van der Waals surface area contributed by atoms with E-state index in [-0.39, 0.29) is 10.8 Å². The van der Waals surface area contributed by atoms with Crippen molar-refractivity contribution in [1.82, 2.24) is 4.31 Å². The van der Waals surface area contributed by atoms with E-state index >= 15 is 0 Å². The van der Waals surface area contributed by atoms with Crippen LogP contribution in [0.15, 0.2) is 71.6 Å². The molecule has 0 saturated carbocycles. The molecule has 0 aliphatic carbocycles. The number of carbonyl (C=O) groups is 1. The van der Waals surface area contributed by atoms with Crippen LogP contribution < -0.4 is 9.64 Å². The van der Waals surface area contributed by atoms with Crippen LogP contribution in [-0.2, 0) is 29.4 Å². The maximum atomic E-state index is 13.3. The quantitative estimate of drug-likeness (QED) is 0.587. The number of anilines is 1. The molecule has 3 aromatic carbocycles. The molecule has 2 heterocycles. The van der Waals surface area contributed by atoms with Gasteiger partial charge in [-0.1, -0.05) is 24.3 Å². The van der Waals surface area contributed by atoms with Crippen LogP contribution in [0.3, 0.4) is 0 Å². The Hall–Kier alpha value is -3.16. The molecule has 2 aliphatic rings. The summed E-state index contributed by atoms with van der Waals surface area (Å²) < 4.78 is 33.3. The van der Waals surface area contributed by atoms with E-state index in [2.05, 4.69) is 6.07 Å². The van der Waals surface area contributed by atoms with Crippen LogP contribution in [-0.4, -0.2) is 38.8 Å². The molecule has 7 heteroatoms. The van der Waals surface area contributed by atoms with Gasteiger partial charge >= 0.3 is 0 Å². The Balaban J connectivity index is 1.37. The number of hydrogen-bond acceptors (Lipinski definition) is 4. The molecule has 33 heavy (non-hydrogen) atoms. The number of hydrogen-bond donors (Lipinski definition) is 0. The summed E-state index contributed by atoms with van der Waals surface area (Å²) in [4.78, 5) is 15.2. The van der Waals surface area contributed by atoms with Gasteiger partial charge in [0.2, 0.25) is 10.0 Å². The number of fused-ring (bicyclic) bond motifs is 2. The molecule has 0 bridgehead atoms. The van der Waals surface area contributed by atoms with E-state index < -0.39 is 10.0 Å². The number of methoxy groups -OCH3 is 1. The highest BCUT2D eigenvalue weighted by molar-refractivity contribution is 7.89. The summed E-state index contributed by atoms with van der Waals surface area (Å²) in [5, 5.41) is 0. The first-order chi connectivity index (χ1) is 16.0. The average Bonchev–Trinajstić information content (AvgIpc) is 2.87. The second-order valence-electron chi connectivity index (χ2n) is 8.44. The molecular weight excluding hydrogens is 436 g/mol. The van der Waals surface area contributed by atoms with Crippen molar-refractivity contribution in [3.05, 3.63) is 89.0 Å². The third kappa shape index (κ3) is 4.03. The summed E-state index contributed by atoms with van der Waals surface area (Å²) in [6, 6.07) is 20.0. The number of nitrogens with zero attached hydrogens (tertiary/aromatic N) is 2. The van der Waals surface area contributed by atoms with Gasteiger partial charge in [0.15, 0.2) is 0 Å². The van der Waals surface area contributed by atoms with Gasteiger partial charge in [-0.2, -0.15) is 4.31 Å². The Kier molecular flexibility index (Phi) is 5.68. The highest BCUT2D eigenvalue weighted by atomic mass is 32.2. The fourth-order valence-corrected chi connectivity index (χ4v) is 6.08. The molecule has 0 atom stereocenters. The van der Waals surface area contributed by atoms with Crippen molar-refractivity contribution in [3.63, 3.8) is 0 Å². The van der Waals surface area contributed by atoms with E-state index in [9.17, 15) is 13.2 Å². The Morgan fingerprint density at radius 3 is 2.39 bits per heavy atom. The number of benzene rings is 3. The predicted molar refractivity (Wildman–Crippen MR) is 127 cm³/mol. The third-order valence-corrected chi connectivity index (χ3v) is 8.34. The van der Waals surface area contributed by atoms with E-state index in [4.69, 9.17) is 4.74 Å². The second-order valence-corrected chi connectivity index (χ2v) is 10.4. The molecule has 2 aliphatic heterocycles. The van der Waals surface area contributed by atoms with E-state index in [0.29, 0.717) is 31.6 Å². The van der Waals surface area contributed by atoms with Crippen LogP contribution in [0, 0.1) is 0 Å². The van der Waals surface area contributed by atoms with Crippen LogP contribution in [0.25, 0.3) is 0 Å². The summed E-state index contributed by atoms with van der Waals surface area (Å²) in [6.07, 6.45) is 2.46. The molecule has 170 valence electrons. The number of rotatable bonds is 4. The Bertz CT molecular complexity index is 1300. The van der Waals surface area contributed by atoms with Crippen LogP contribution in [0.1, 0.15) is 33.5 Å². The van der Waals surface area contributed by atoms with Gasteiger partial charge in [0.25, 0.3) is 5.91 Å². The molecule has 0 N–H and O–H groups in total. The SMILES string of the molecule is COc1ccc2c(c1)CCCN2C(=O)c1ccc(S(=O)(=O)N2CCc3ccccc3C2)cc1. The monoisotopic (exact) mass is 462 g/mol. The molecule has 0 aromatic heterocycles. The highest BCUT2D eigenvalue weighted by Gasteiger charge is 2.29. The second kappa shape index (κ2) is 8.65. The fraction of sp³-hybridized carbons (Fsp3) is 0.269. The van der Waals surface area contributed by atoms with Crippen molar-refractivity contribution in [2.45, 2.75) is 30.7 Å².